The van der Waals surface area contributed by atoms with Gasteiger partial charge in [-0.1, -0.05) is 35.3 Å². The minimum Gasteiger partial charge on any atom is -0.505 e. The Labute approximate surface area is 161 Å². The number of hydrogen-bond donors (Lipinski definition) is 2. The maximum atomic E-state index is 11.0. The highest BCUT2D eigenvalue weighted by atomic mass is 35.5. The molecule has 2 heterocycles. The highest BCUT2D eigenvalue weighted by Gasteiger charge is 2.31. The standard InChI is InChI=1S/C20H18Cl2N2O2/c21-14-5-3-13(4-6-14)19(24-8-10-26-11-9-24)16-12-17(22)15-2-1-7-23-18(15)20(16)25/h1-7,12,19,25H,8-11H2/p+1/t19-/m1/s1. The maximum absolute atomic E-state index is 11.0. The lowest BCUT2D eigenvalue weighted by atomic mass is 9.94. The van der Waals surface area contributed by atoms with Crippen molar-refractivity contribution in [3.8, 4) is 5.75 Å². The van der Waals surface area contributed by atoms with E-state index >= 15 is 0 Å². The molecule has 1 aliphatic rings. The van der Waals surface area contributed by atoms with Crippen molar-refractivity contribution in [3.05, 3.63) is 69.8 Å². The van der Waals surface area contributed by atoms with Gasteiger partial charge in [-0.05, 0) is 30.3 Å². The average molecular weight is 390 g/mol. The number of rotatable bonds is 3. The van der Waals surface area contributed by atoms with Gasteiger partial charge in [0.15, 0.2) is 5.75 Å². The van der Waals surface area contributed by atoms with Crippen molar-refractivity contribution in [3.63, 3.8) is 0 Å². The largest absolute Gasteiger partial charge is 0.505 e. The van der Waals surface area contributed by atoms with Crippen LogP contribution in [0.15, 0.2) is 48.7 Å². The predicted octanol–water partition coefficient (Wildman–Crippen LogP) is 3.25. The first-order valence-electron chi connectivity index (χ1n) is 8.59. The first kappa shape index (κ1) is 17.6. The molecule has 0 bridgehead atoms. The molecule has 0 amide bonds. The Kier molecular flexibility index (Phi) is 5.00. The van der Waals surface area contributed by atoms with Gasteiger partial charge in [-0.2, -0.15) is 0 Å². The molecule has 4 rings (SSSR count). The lowest BCUT2D eigenvalue weighted by molar-refractivity contribution is -0.933. The lowest BCUT2D eigenvalue weighted by Gasteiger charge is -2.32. The number of nitrogens with zero attached hydrogens (tertiary/aromatic N) is 1. The molecule has 0 unspecified atom stereocenters. The Balaban J connectivity index is 1.89. The van der Waals surface area contributed by atoms with Crippen molar-refractivity contribution < 1.29 is 14.7 Å². The zero-order valence-electron chi connectivity index (χ0n) is 14.1. The van der Waals surface area contributed by atoms with Crippen LogP contribution in [-0.4, -0.2) is 36.4 Å². The molecule has 6 heteroatoms. The fourth-order valence-corrected chi connectivity index (χ4v) is 4.03. The summed E-state index contributed by atoms with van der Waals surface area (Å²) in [7, 11) is 0. The summed E-state index contributed by atoms with van der Waals surface area (Å²) in [5.74, 6) is 0.184. The molecule has 0 aliphatic carbocycles. The topological polar surface area (TPSA) is 46.8 Å². The number of phenols is 1. The van der Waals surface area contributed by atoms with E-state index in [0.29, 0.717) is 28.8 Å². The molecule has 1 saturated heterocycles. The number of pyridine rings is 1. The Morgan fingerprint density at radius 3 is 2.54 bits per heavy atom. The number of fused-ring (bicyclic) bond motifs is 1. The molecule has 1 fully saturated rings. The van der Waals surface area contributed by atoms with E-state index in [-0.39, 0.29) is 11.8 Å². The van der Waals surface area contributed by atoms with Crippen LogP contribution in [0.2, 0.25) is 10.0 Å². The molecule has 1 aromatic heterocycles. The maximum Gasteiger partial charge on any atom is 0.151 e. The van der Waals surface area contributed by atoms with Gasteiger partial charge in [-0.3, -0.25) is 4.98 Å². The number of ether oxygens (including phenoxy) is 1. The molecule has 4 nitrogen and oxygen atoms in total. The molecule has 2 aromatic carbocycles. The van der Waals surface area contributed by atoms with Crippen LogP contribution in [0.5, 0.6) is 5.75 Å². The molecule has 3 aromatic rings. The van der Waals surface area contributed by atoms with E-state index in [4.69, 9.17) is 27.9 Å². The Morgan fingerprint density at radius 1 is 1.08 bits per heavy atom. The molecule has 0 spiro atoms. The Morgan fingerprint density at radius 2 is 1.81 bits per heavy atom. The second kappa shape index (κ2) is 7.41. The predicted molar refractivity (Wildman–Crippen MR) is 103 cm³/mol. The van der Waals surface area contributed by atoms with Crippen molar-refractivity contribution in [2.45, 2.75) is 6.04 Å². The van der Waals surface area contributed by atoms with Crippen LogP contribution in [0.3, 0.4) is 0 Å². The van der Waals surface area contributed by atoms with Crippen molar-refractivity contribution in [1.29, 1.82) is 0 Å². The van der Waals surface area contributed by atoms with Gasteiger partial charge in [0.2, 0.25) is 0 Å². The SMILES string of the molecule is Oc1c([C@@H](c2ccc(Cl)cc2)[NH+]2CCOCC2)cc(Cl)c2cccnc12. The van der Waals surface area contributed by atoms with E-state index in [9.17, 15) is 5.11 Å². The van der Waals surface area contributed by atoms with Crippen molar-refractivity contribution in [2.75, 3.05) is 26.3 Å². The second-order valence-electron chi connectivity index (χ2n) is 6.45. The van der Waals surface area contributed by atoms with Gasteiger partial charge in [0, 0.05) is 22.2 Å². The number of aromatic nitrogens is 1. The van der Waals surface area contributed by atoms with E-state index < -0.39 is 0 Å². The number of morpholine rings is 1. The van der Waals surface area contributed by atoms with Crippen molar-refractivity contribution in [2.24, 2.45) is 0 Å². The van der Waals surface area contributed by atoms with Gasteiger partial charge >= 0.3 is 0 Å². The zero-order chi connectivity index (χ0) is 18.1. The smallest absolute Gasteiger partial charge is 0.151 e. The number of hydrogen-bond acceptors (Lipinski definition) is 3. The molecule has 0 radical (unpaired) electrons. The quantitative estimate of drug-likeness (QED) is 0.722. The van der Waals surface area contributed by atoms with Crippen LogP contribution < -0.4 is 4.90 Å². The summed E-state index contributed by atoms with van der Waals surface area (Å²) in [5, 5.41) is 13.0. The second-order valence-corrected chi connectivity index (χ2v) is 7.29. The van der Waals surface area contributed by atoms with Gasteiger partial charge in [-0.25, -0.2) is 0 Å². The molecule has 26 heavy (non-hydrogen) atoms. The minimum atomic E-state index is -0.0694. The van der Waals surface area contributed by atoms with Gasteiger partial charge < -0.3 is 14.7 Å². The van der Waals surface area contributed by atoms with E-state index in [0.717, 1.165) is 29.6 Å². The van der Waals surface area contributed by atoms with Crippen LogP contribution in [0.1, 0.15) is 17.2 Å². The number of halogens is 2. The molecular formula is C20H19Cl2N2O2+. The summed E-state index contributed by atoms with van der Waals surface area (Å²) in [6.07, 6.45) is 1.67. The molecule has 1 atom stereocenters. The fraction of sp³-hybridized carbons (Fsp3) is 0.250. The van der Waals surface area contributed by atoms with Gasteiger partial charge in [0.25, 0.3) is 0 Å². The van der Waals surface area contributed by atoms with Gasteiger partial charge in [0.05, 0.1) is 23.8 Å². The molecule has 134 valence electrons. The van der Waals surface area contributed by atoms with E-state index in [1.54, 1.807) is 6.20 Å². The van der Waals surface area contributed by atoms with E-state index in [2.05, 4.69) is 4.98 Å². The van der Waals surface area contributed by atoms with Crippen LogP contribution in [-0.2, 0) is 4.74 Å². The van der Waals surface area contributed by atoms with E-state index in [1.807, 2.05) is 42.5 Å². The van der Waals surface area contributed by atoms with Crippen molar-refractivity contribution in [1.82, 2.24) is 4.98 Å². The number of phenolic OH excluding ortho intramolecular Hbond substituents is 1. The average Bonchev–Trinajstić information content (AvgIpc) is 2.68. The highest BCUT2D eigenvalue weighted by molar-refractivity contribution is 6.35. The Bertz CT molecular complexity index is 925. The number of aromatic hydroxyl groups is 1. The third-order valence-corrected chi connectivity index (χ3v) is 5.47. The first-order chi connectivity index (χ1) is 12.6. The first-order valence-corrected chi connectivity index (χ1v) is 9.34. The third-order valence-electron chi connectivity index (χ3n) is 4.90. The van der Waals surface area contributed by atoms with Gasteiger partial charge in [0.1, 0.15) is 24.6 Å². The molecule has 2 N–H and O–H groups in total. The lowest BCUT2D eigenvalue weighted by Crippen LogP contribution is -3.14. The minimum absolute atomic E-state index is 0.0694. The van der Waals surface area contributed by atoms with Crippen LogP contribution >= 0.6 is 23.2 Å². The zero-order valence-corrected chi connectivity index (χ0v) is 15.6. The number of benzene rings is 2. The fourth-order valence-electron chi connectivity index (χ4n) is 3.64. The molecular weight excluding hydrogens is 371 g/mol. The number of nitrogens with one attached hydrogen (secondary N) is 1. The summed E-state index contributed by atoms with van der Waals surface area (Å²) in [4.78, 5) is 5.67. The summed E-state index contributed by atoms with van der Waals surface area (Å²) in [5.41, 5.74) is 2.38. The van der Waals surface area contributed by atoms with Gasteiger partial charge in [-0.15, -0.1) is 0 Å². The van der Waals surface area contributed by atoms with E-state index in [1.165, 1.54) is 4.90 Å². The van der Waals surface area contributed by atoms with Crippen molar-refractivity contribution >= 4 is 34.1 Å². The molecule has 0 saturated carbocycles. The highest BCUT2D eigenvalue weighted by Crippen LogP contribution is 2.37. The summed E-state index contributed by atoms with van der Waals surface area (Å²) >= 11 is 12.6. The Hall–Kier alpha value is -1.85. The number of quaternary nitrogens is 1. The van der Waals surface area contributed by atoms with Crippen LogP contribution in [0.4, 0.5) is 0 Å². The van der Waals surface area contributed by atoms with Crippen LogP contribution in [0.25, 0.3) is 10.9 Å². The summed E-state index contributed by atoms with van der Waals surface area (Å²) in [6.45, 7) is 3.09. The summed E-state index contributed by atoms with van der Waals surface area (Å²) < 4.78 is 5.52. The monoisotopic (exact) mass is 389 g/mol. The normalized spacial score (nSPS) is 16.7. The molecule has 1 aliphatic heterocycles. The summed E-state index contributed by atoms with van der Waals surface area (Å²) in [6, 6.07) is 13.2. The third kappa shape index (κ3) is 3.26. The van der Waals surface area contributed by atoms with Crippen LogP contribution in [0, 0.1) is 0 Å².